The van der Waals surface area contributed by atoms with Gasteiger partial charge in [-0.1, -0.05) is 0 Å². The molecule has 5 heteroatoms. The van der Waals surface area contributed by atoms with Gasteiger partial charge in [0.1, 0.15) is 23.3 Å². The molecule has 0 atom stereocenters. The van der Waals surface area contributed by atoms with Crippen LogP contribution < -0.4 is 0 Å². The van der Waals surface area contributed by atoms with Crippen LogP contribution in [0.15, 0.2) is 6.07 Å². The van der Waals surface area contributed by atoms with Crippen LogP contribution in [-0.2, 0) is 6.42 Å². The van der Waals surface area contributed by atoms with Crippen molar-refractivity contribution in [2.45, 2.75) is 34.1 Å². The lowest BCUT2D eigenvalue weighted by atomic mass is 10.3. The quantitative estimate of drug-likeness (QED) is 0.780. The average molecular weight is 229 g/mol. The highest BCUT2D eigenvalue weighted by molar-refractivity contribution is 5.11. The molecule has 2 aromatic rings. The summed E-state index contributed by atoms with van der Waals surface area (Å²) in [6, 6.07) is 1.95. The van der Waals surface area contributed by atoms with E-state index in [0.717, 1.165) is 34.7 Å². The van der Waals surface area contributed by atoms with Crippen LogP contribution in [0.3, 0.4) is 0 Å². The Hall–Kier alpha value is -1.91. The van der Waals surface area contributed by atoms with E-state index in [0.29, 0.717) is 6.42 Å². The van der Waals surface area contributed by atoms with Crippen molar-refractivity contribution in [2.24, 2.45) is 0 Å². The minimum absolute atomic E-state index is 0.548. The van der Waals surface area contributed by atoms with E-state index in [9.17, 15) is 0 Å². The van der Waals surface area contributed by atoms with Crippen LogP contribution in [0.1, 0.15) is 34.7 Å². The zero-order valence-electron chi connectivity index (χ0n) is 10.5. The first-order valence-electron chi connectivity index (χ1n) is 5.52. The van der Waals surface area contributed by atoms with Crippen molar-refractivity contribution in [2.75, 3.05) is 0 Å². The van der Waals surface area contributed by atoms with E-state index < -0.39 is 0 Å². The molecule has 0 radical (unpaired) electrons. The normalized spacial score (nSPS) is 10.6. The number of rotatable bonds is 2. The van der Waals surface area contributed by atoms with Crippen molar-refractivity contribution in [3.05, 3.63) is 40.8 Å². The molecule has 0 aliphatic carbocycles. The van der Waals surface area contributed by atoms with Crippen LogP contribution >= 0.6 is 0 Å². The fraction of sp³-hybridized carbons (Fsp3) is 0.417. The first-order chi connectivity index (χ1) is 8.02. The maximum Gasteiger partial charge on any atom is 0.140 e. The summed E-state index contributed by atoms with van der Waals surface area (Å²) in [7, 11) is 0. The zero-order valence-corrected chi connectivity index (χ0v) is 10.5. The predicted molar refractivity (Wildman–Crippen MR) is 63.6 cm³/mol. The van der Waals surface area contributed by atoms with E-state index in [1.807, 2.05) is 33.8 Å². The van der Waals surface area contributed by atoms with Gasteiger partial charge in [-0.3, -0.25) is 0 Å². The van der Waals surface area contributed by atoms with Gasteiger partial charge in [0.25, 0.3) is 0 Å². The molecule has 0 amide bonds. The smallest absolute Gasteiger partial charge is 0.140 e. The lowest BCUT2D eigenvalue weighted by Gasteiger charge is -2.03. The molecule has 0 saturated carbocycles. The molecule has 0 fully saturated rings. The number of nitrogens with zero attached hydrogens (tertiary/aromatic N) is 5. The van der Waals surface area contributed by atoms with E-state index in [4.69, 9.17) is 0 Å². The monoisotopic (exact) mass is 229 g/mol. The van der Waals surface area contributed by atoms with Crippen LogP contribution in [-0.4, -0.2) is 24.9 Å². The van der Waals surface area contributed by atoms with Gasteiger partial charge in [-0.2, -0.15) is 0 Å². The first-order valence-corrected chi connectivity index (χ1v) is 5.52. The van der Waals surface area contributed by atoms with Crippen LogP contribution in [0, 0.1) is 27.7 Å². The molecule has 2 heterocycles. The third-order valence-electron chi connectivity index (χ3n) is 2.25. The molecule has 0 saturated heterocycles. The Labute approximate surface area is 100 Å². The van der Waals surface area contributed by atoms with E-state index in [1.165, 1.54) is 0 Å². The van der Waals surface area contributed by atoms with E-state index >= 15 is 0 Å². The molecule has 0 aliphatic heterocycles. The Bertz CT molecular complexity index is 461. The standard InChI is InChI=1S/C12H15N5/c1-7-5-8(2)14-11(13-7)6-12-16-9(3)15-10(4)17-12/h5H,6H2,1-4H3. The Kier molecular flexibility index (Phi) is 3.08. The van der Waals surface area contributed by atoms with Gasteiger partial charge >= 0.3 is 0 Å². The number of aryl methyl sites for hydroxylation is 4. The summed E-state index contributed by atoms with van der Waals surface area (Å²) in [6.07, 6.45) is 0.548. The molecule has 0 unspecified atom stereocenters. The van der Waals surface area contributed by atoms with Crippen LogP contribution in [0.25, 0.3) is 0 Å². The van der Waals surface area contributed by atoms with Crippen molar-refractivity contribution in [3.8, 4) is 0 Å². The second-order valence-electron chi connectivity index (χ2n) is 4.09. The van der Waals surface area contributed by atoms with E-state index in [2.05, 4.69) is 24.9 Å². The van der Waals surface area contributed by atoms with Crippen molar-refractivity contribution in [1.82, 2.24) is 24.9 Å². The molecule has 2 aromatic heterocycles. The topological polar surface area (TPSA) is 64.5 Å². The fourth-order valence-electron chi connectivity index (χ4n) is 1.78. The third-order valence-corrected chi connectivity index (χ3v) is 2.25. The second-order valence-corrected chi connectivity index (χ2v) is 4.09. The fourth-order valence-corrected chi connectivity index (χ4v) is 1.78. The van der Waals surface area contributed by atoms with Crippen LogP contribution in [0.2, 0.25) is 0 Å². The highest BCUT2D eigenvalue weighted by atomic mass is 15.0. The summed E-state index contributed by atoms with van der Waals surface area (Å²) in [4.78, 5) is 21.5. The predicted octanol–water partition coefficient (Wildman–Crippen LogP) is 1.49. The molecular weight excluding hydrogens is 214 g/mol. The molecule has 0 aromatic carbocycles. The largest absolute Gasteiger partial charge is 0.238 e. The summed E-state index contributed by atoms with van der Waals surface area (Å²) in [5.74, 6) is 2.95. The van der Waals surface area contributed by atoms with Crippen molar-refractivity contribution in [3.63, 3.8) is 0 Å². The minimum atomic E-state index is 0.548. The highest BCUT2D eigenvalue weighted by Gasteiger charge is 2.05. The Balaban J connectivity index is 2.31. The van der Waals surface area contributed by atoms with Gasteiger partial charge in [-0.25, -0.2) is 24.9 Å². The first kappa shape index (κ1) is 11.6. The van der Waals surface area contributed by atoms with E-state index in [1.54, 1.807) is 0 Å². The van der Waals surface area contributed by atoms with Gasteiger partial charge in [0.15, 0.2) is 0 Å². The molecule has 0 spiro atoms. The number of aromatic nitrogens is 5. The van der Waals surface area contributed by atoms with Gasteiger partial charge in [-0.05, 0) is 33.8 Å². The molecule has 0 bridgehead atoms. The summed E-state index contributed by atoms with van der Waals surface area (Å²) in [6.45, 7) is 7.64. The van der Waals surface area contributed by atoms with Crippen LogP contribution in [0.5, 0.6) is 0 Å². The SMILES string of the molecule is Cc1cc(C)nc(Cc2nc(C)nc(C)n2)n1. The Morgan fingerprint density at radius 1 is 0.706 bits per heavy atom. The molecule has 88 valence electrons. The average Bonchev–Trinajstić information content (AvgIpc) is 2.13. The zero-order chi connectivity index (χ0) is 12.4. The van der Waals surface area contributed by atoms with E-state index in [-0.39, 0.29) is 0 Å². The highest BCUT2D eigenvalue weighted by Crippen LogP contribution is 2.04. The van der Waals surface area contributed by atoms with Crippen molar-refractivity contribution >= 4 is 0 Å². The van der Waals surface area contributed by atoms with Crippen molar-refractivity contribution < 1.29 is 0 Å². The third kappa shape index (κ3) is 3.03. The molecule has 0 N–H and O–H groups in total. The summed E-state index contributed by atoms with van der Waals surface area (Å²) < 4.78 is 0. The van der Waals surface area contributed by atoms with Crippen LogP contribution in [0.4, 0.5) is 0 Å². The lowest BCUT2D eigenvalue weighted by Crippen LogP contribution is -2.06. The Morgan fingerprint density at radius 3 is 1.71 bits per heavy atom. The maximum absolute atomic E-state index is 4.38. The van der Waals surface area contributed by atoms with Gasteiger partial charge < -0.3 is 0 Å². The summed E-state index contributed by atoms with van der Waals surface area (Å²) >= 11 is 0. The summed E-state index contributed by atoms with van der Waals surface area (Å²) in [5, 5.41) is 0. The molecule has 0 aliphatic rings. The molecule has 5 nitrogen and oxygen atoms in total. The maximum atomic E-state index is 4.38. The molecule has 2 rings (SSSR count). The lowest BCUT2D eigenvalue weighted by molar-refractivity contribution is 0.807. The Morgan fingerprint density at radius 2 is 1.18 bits per heavy atom. The summed E-state index contributed by atoms with van der Waals surface area (Å²) in [5.41, 5.74) is 1.94. The van der Waals surface area contributed by atoms with Gasteiger partial charge in [0, 0.05) is 11.4 Å². The van der Waals surface area contributed by atoms with Crippen molar-refractivity contribution in [1.29, 1.82) is 0 Å². The van der Waals surface area contributed by atoms with Gasteiger partial charge in [-0.15, -0.1) is 0 Å². The van der Waals surface area contributed by atoms with Gasteiger partial charge in [0.05, 0.1) is 6.42 Å². The number of hydrogen-bond acceptors (Lipinski definition) is 5. The molecular formula is C12H15N5. The minimum Gasteiger partial charge on any atom is -0.238 e. The second kappa shape index (κ2) is 4.53. The number of hydrogen-bond donors (Lipinski definition) is 0. The molecule has 17 heavy (non-hydrogen) atoms. The van der Waals surface area contributed by atoms with Gasteiger partial charge in [0.2, 0.25) is 0 Å².